The molecule has 2 N–H and O–H groups in total. The van der Waals surface area contributed by atoms with Crippen molar-refractivity contribution in [2.45, 2.75) is 25.9 Å². The van der Waals surface area contributed by atoms with E-state index in [-0.39, 0.29) is 11.8 Å². The van der Waals surface area contributed by atoms with Gasteiger partial charge in [-0.2, -0.15) is 0 Å². The van der Waals surface area contributed by atoms with E-state index in [4.69, 9.17) is 18.0 Å². The Bertz CT molecular complexity index is 350. The Morgan fingerprint density at radius 3 is 2.87 bits per heavy atom. The molecule has 1 aromatic rings. The first kappa shape index (κ1) is 11.9. The van der Waals surface area contributed by atoms with Gasteiger partial charge in [0.1, 0.15) is 5.75 Å². The standard InChI is InChI=1S/C12H14ClNO/c1-3-9(4-2)14-8-10-11(13)6-5-7-12(10)15/h1,5-7,9,14-15H,4,8H2,2H3. The summed E-state index contributed by atoms with van der Waals surface area (Å²) in [4.78, 5) is 0. The summed E-state index contributed by atoms with van der Waals surface area (Å²) in [7, 11) is 0. The second kappa shape index (κ2) is 5.65. The molecule has 0 spiro atoms. The molecule has 15 heavy (non-hydrogen) atoms. The zero-order chi connectivity index (χ0) is 11.3. The van der Waals surface area contributed by atoms with Crippen LogP contribution in [0.1, 0.15) is 18.9 Å². The maximum absolute atomic E-state index is 9.57. The molecule has 0 aliphatic heterocycles. The fraction of sp³-hybridized carbons (Fsp3) is 0.333. The van der Waals surface area contributed by atoms with E-state index in [2.05, 4.69) is 11.2 Å². The lowest BCUT2D eigenvalue weighted by molar-refractivity contribution is 0.462. The number of nitrogens with one attached hydrogen (secondary N) is 1. The topological polar surface area (TPSA) is 32.3 Å². The largest absolute Gasteiger partial charge is 0.508 e. The third kappa shape index (κ3) is 3.16. The molecule has 3 heteroatoms. The van der Waals surface area contributed by atoms with Gasteiger partial charge in [0.05, 0.1) is 6.04 Å². The Morgan fingerprint density at radius 2 is 2.33 bits per heavy atom. The van der Waals surface area contributed by atoms with E-state index in [1.54, 1.807) is 18.2 Å². The molecule has 0 radical (unpaired) electrons. The van der Waals surface area contributed by atoms with Crippen molar-refractivity contribution in [3.8, 4) is 18.1 Å². The zero-order valence-electron chi connectivity index (χ0n) is 8.63. The number of hydrogen-bond acceptors (Lipinski definition) is 2. The molecule has 1 atom stereocenters. The van der Waals surface area contributed by atoms with Crippen LogP contribution in [0.3, 0.4) is 0 Å². The molecule has 80 valence electrons. The van der Waals surface area contributed by atoms with Crippen molar-refractivity contribution in [1.82, 2.24) is 5.32 Å². The van der Waals surface area contributed by atoms with Crippen molar-refractivity contribution in [2.75, 3.05) is 0 Å². The quantitative estimate of drug-likeness (QED) is 0.769. The minimum atomic E-state index is 0.0145. The van der Waals surface area contributed by atoms with E-state index >= 15 is 0 Å². The fourth-order valence-electron chi connectivity index (χ4n) is 1.27. The molecule has 0 aliphatic carbocycles. The number of aromatic hydroxyl groups is 1. The maximum Gasteiger partial charge on any atom is 0.121 e. The van der Waals surface area contributed by atoms with Crippen LogP contribution in [0.15, 0.2) is 18.2 Å². The summed E-state index contributed by atoms with van der Waals surface area (Å²) >= 11 is 5.95. The second-order valence-electron chi connectivity index (χ2n) is 3.25. The SMILES string of the molecule is C#CC(CC)NCc1c(O)cccc1Cl. The van der Waals surface area contributed by atoms with Crippen molar-refractivity contribution in [3.63, 3.8) is 0 Å². The van der Waals surface area contributed by atoms with E-state index in [1.165, 1.54) is 0 Å². The van der Waals surface area contributed by atoms with Gasteiger partial charge in [-0.25, -0.2) is 0 Å². The molecule has 0 heterocycles. The van der Waals surface area contributed by atoms with Crippen molar-refractivity contribution >= 4 is 11.6 Å². The van der Waals surface area contributed by atoms with Gasteiger partial charge in [0.25, 0.3) is 0 Å². The fourth-order valence-corrected chi connectivity index (χ4v) is 1.51. The van der Waals surface area contributed by atoms with Gasteiger partial charge in [-0.05, 0) is 18.6 Å². The van der Waals surface area contributed by atoms with Crippen molar-refractivity contribution in [2.24, 2.45) is 0 Å². The molecule has 0 saturated carbocycles. The highest BCUT2D eigenvalue weighted by Crippen LogP contribution is 2.24. The molecule has 0 bridgehead atoms. The van der Waals surface area contributed by atoms with Gasteiger partial charge in [0.15, 0.2) is 0 Å². The van der Waals surface area contributed by atoms with Gasteiger partial charge in [0.2, 0.25) is 0 Å². The lowest BCUT2D eigenvalue weighted by Crippen LogP contribution is -2.26. The van der Waals surface area contributed by atoms with Gasteiger partial charge >= 0.3 is 0 Å². The third-order valence-electron chi connectivity index (χ3n) is 2.23. The average molecular weight is 224 g/mol. The first-order valence-electron chi connectivity index (χ1n) is 4.85. The second-order valence-corrected chi connectivity index (χ2v) is 3.65. The lowest BCUT2D eigenvalue weighted by atomic mass is 10.1. The number of hydrogen-bond donors (Lipinski definition) is 2. The van der Waals surface area contributed by atoms with Crippen LogP contribution in [-0.4, -0.2) is 11.1 Å². The first-order valence-corrected chi connectivity index (χ1v) is 5.22. The Hall–Kier alpha value is -1.17. The summed E-state index contributed by atoms with van der Waals surface area (Å²) in [5.41, 5.74) is 0.688. The van der Waals surface area contributed by atoms with Crippen molar-refractivity contribution in [3.05, 3.63) is 28.8 Å². The van der Waals surface area contributed by atoms with Crippen LogP contribution in [0.25, 0.3) is 0 Å². The zero-order valence-corrected chi connectivity index (χ0v) is 9.38. The molecule has 0 aliphatic rings. The molecule has 0 fully saturated rings. The minimum Gasteiger partial charge on any atom is -0.508 e. The lowest BCUT2D eigenvalue weighted by Gasteiger charge is -2.12. The predicted octanol–water partition coefficient (Wildman–Crippen LogP) is 2.55. The van der Waals surface area contributed by atoms with Gasteiger partial charge in [-0.1, -0.05) is 30.5 Å². The summed E-state index contributed by atoms with van der Waals surface area (Å²) in [5, 5.41) is 13.3. The Balaban J connectivity index is 2.69. The van der Waals surface area contributed by atoms with Crippen LogP contribution in [0, 0.1) is 12.3 Å². The average Bonchev–Trinajstić information content (AvgIpc) is 2.23. The highest BCUT2D eigenvalue weighted by molar-refractivity contribution is 6.31. The van der Waals surface area contributed by atoms with Crippen molar-refractivity contribution < 1.29 is 5.11 Å². The molecule has 2 nitrogen and oxygen atoms in total. The van der Waals surface area contributed by atoms with E-state index < -0.39 is 0 Å². The number of rotatable bonds is 4. The highest BCUT2D eigenvalue weighted by Gasteiger charge is 2.07. The summed E-state index contributed by atoms with van der Waals surface area (Å²) in [6, 6.07) is 5.08. The normalized spacial score (nSPS) is 12.1. The number of terminal acetylenes is 1. The number of phenolic OH excluding ortho intramolecular Hbond substituents is 1. The van der Waals surface area contributed by atoms with Crippen LogP contribution in [-0.2, 0) is 6.54 Å². The van der Waals surface area contributed by atoms with Gasteiger partial charge in [-0.15, -0.1) is 6.42 Å². The van der Waals surface area contributed by atoms with Crippen LogP contribution >= 0.6 is 11.6 Å². The maximum atomic E-state index is 9.57. The number of halogens is 1. The van der Waals surface area contributed by atoms with Gasteiger partial charge in [-0.3, -0.25) is 5.32 Å². The summed E-state index contributed by atoms with van der Waals surface area (Å²) in [5.74, 6) is 2.82. The molecule has 0 saturated heterocycles. The third-order valence-corrected chi connectivity index (χ3v) is 2.58. The Kier molecular flexibility index (Phi) is 4.48. The Morgan fingerprint density at radius 1 is 1.60 bits per heavy atom. The van der Waals surface area contributed by atoms with Gasteiger partial charge < -0.3 is 5.11 Å². The van der Waals surface area contributed by atoms with Gasteiger partial charge in [0, 0.05) is 17.1 Å². The highest BCUT2D eigenvalue weighted by atomic mass is 35.5. The summed E-state index contributed by atoms with van der Waals surface area (Å²) in [6.07, 6.45) is 6.16. The smallest absolute Gasteiger partial charge is 0.121 e. The van der Waals surface area contributed by atoms with E-state index in [1.807, 2.05) is 6.92 Å². The molecule has 1 aromatic carbocycles. The number of benzene rings is 1. The Labute approximate surface area is 95.3 Å². The van der Waals surface area contributed by atoms with Crippen LogP contribution in [0.5, 0.6) is 5.75 Å². The van der Waals surface area contributed by atoms with E-state index in [0.717, 1.165) is 6.42 Å². The molecular formula is C12H14ClNO. The van der Waals surface area contributed by atoms with E-state index in [9.17, 15) is 5.11 Å². The molecule has 1 rings (SSSR count). The molecule has 1 unspecified atom stereocenters. The summed E-state index contributed by atoms with van der Waals surface area (Å²) < 4.78 is 0. The monoisotopic (exact) mass is 223 g/mol. The van der Waals surface area contributed by atoms with Crippen LogP contribution in [0.2, 0.25) is 5.02 Å². The molecular weight excluding hydrogens is 210 g/mol. The van der Waals surface area contributed by atoms with Crippen molar-refractivity contribution in [1.29, 1.82) is 0 Å². The number of phenols is 1. The predicted molar refractivity (Wildman–Crippen MR) is 62.9 cm³/mol. The molecule has 0 aromatic heterocycles. The minimum absolute atomic E-state index is 0.0145. The van der Waals surface area contributed by atoms with Crippen LogP contribution < -0.4 is 5.32 Å². The van der Waals surface area contributed by atoms with E-state index in [0.29, 0.717) is 17.1 Å². The summed E-state index contributed by atoms with van der Waals surface area (Å²) in [6.45, 7) is 2.48. The van der Waals surface area contributed by atoms with Crippen LogP contribution in [0.4, 0.5) is 0 Å². The first-order chi connectivity index (χ1) is 7.19. The molecule has 0 amide bonds.